The van der Waals surface area contributed by atoms with Crippen molar-refractivity contribution in [2.45, 2.75) is 26.3 Å². The van der Waals surface area contributed by atoms with E-state index >= 15 is 0 Å². The Morgan fingerprint density at radius 3 is 2.77 bits per heavy atom. The van der Waals surface area contributed by atoms with Gasteiger partial charge in [-0.3, -0.25) is 9.69 Å². The summed E-state index contributed by atoms with van der Waals surface area (Å²) in [6, 6.07) is 1.97. The van der Waals surface area contributed by atoms with Gasteiger partial charge in [0.1, 0.15) is 0 Å². The van der Waals surface area contributed by atoms with Crippen molar-refractivity contribution < 1.29 is 9.53 Å². The molecule has 1 aliphatic rings. The number of methoxy groups -OCH3 is 1. The van der Waals surface area contributed by atoms with Gasteiger partial charge in [0.25, 0.3) is 0 Å². The number of piperazine rings is 1. The number of carbonyl (C=O) groups is 1. The van der Waals surface area contributed by atoms with Gasteiger partial charge in [-0.2, -0.15) is 4.98 Å². The largest absolute Gasteiger partial charge is 0.481 e. The fraction of sp³-hybridized carbons (Fsp3) is 0.667. The number of ether oxygens (including phenoxy) is 1. The second-order valence-corrected chi connectivity index (χ2v) is 5.54. The van der Waals surface area contributed by atoms with Crippen LogP contribution in [0.5, 0.6) is 5.88 Å². The standard InChI is InChI=1S/C15H25N5O2/c1-4-12(2)17-13(21)11-19-7-9-20(10-8-19)15-16-6-5-14(18-15)22-3/h5-6,12H,4,7-11H2,1-3H3,(H,17,21)/t12-/m0/s1. The van der Waals surface area contributed by atoms with Crippen LogP contribution in [0.3, 0.4) is 0 Å². The lowest BCUT2D eigenvalue weighted by Gasteiger charge is -2.34. The first-order valence-electron chi connectivity index (χ1n) is 7.76. The maximum absolute atomic E-state index is 11.9. The predicted octanol–water partition coefficient (Wildman–Crippen LogP) is 0.522. The van der Waals surface area contributed by atoms with Crippen molar-refractivity contribution in [2.75, 3.05) is 44.7 Å². The Balaban J connectivity index is 1.81. The second kappa shape index (κ2) is 7.93. The maximum atomic E-state index is 11.9. The molecule has 1 aliphatic heterocycles. The highest BCUT2D eigenvalue weighted by Gasteiger charge is 2.21. The molecule has 0 radical (unpaired) electrons. The molecule has 0 bridgehead atoms. The average molecular weight is 307 g/mol. The van der Waals surface area contributed by atoms with Gasteiger partial charge < -0.3 is 15.0 Å². The first-order valence-corrected chi connectivity index (χ1v) is 7.76. The lowest BCUT2D eigenvalue weighted by Crippen LogP contribution is -2.50. The van der Waals surface area contributed by atoms with E-state index in [-0.39, 0.29) is 11.9 Å². The van der Waals surface area contributed by atoms with Gasteiger partial charge in [0, 0.05) is 44.5 Å². The van der Waals surface area contributed by atoms with Crippen molar-refractivity contribution in [2.24, 2.45) is 0 Å². The van der Waals surface area contributed by atoms with Gasteiger partial charge in [0.2, 0.25) is 17.7 Å². The van der Waals surface area contributed by atoms with Gasteiger partial charge in [-0.25, -0.2) is 4.98 Å². The summed E-state index contributed by atoms with van der Waals surface area (Å²) in [5, 5.41) is 3.00. The molecule has 2 heterocycles. The minimum atomic E-state index is 0.0976. The molecule has 0 aromatic carbocycles. The van der Waals surface area contributed by atoms with Gasteiger partial charge in [-0.05, 0) is 13.3 Å². The molecule has 0 unspecified atom stereocenters. The molecular formula is C15H25N5O2. The van der Waals surface area contributed by atoms with E-state index in [0.717, 1.165) is 32.6 Å². The number of nitrogens with one attached hydrogen (secondary N) is 1. The summed E-state index contributed by atoms with van der Waals surface area (Å²) in [5.41, 5.74) is 0. The summed E-state index contributed by atoms with van der Waals surface area (Å²) in [4.78, 5) is 24.8. The Labute approximate surface area is 131 Å². The Bertz CT molecular complexity index is 489. The van der Waals surface area contributed by atoms with E-state index in [2.05, 4.69) is 32.0 Å². The van der Waals surface area contributed by atoms with Crippen LogP contribution in [-0.4, -0.2) is 66.7 Å². The minimum absolute atomic E-state index is 0.0976. The second-order valence-electron chi connectivity index (χ2n) is 5.54. The molecule has 1 aromatic rings. The zero-order valence-electron chi connectivity index (χ0n) is 13.6. The highest BCUT2D eigenvalue weighted by atomic mass is 16.5. The Kier molecular flexibility index (Phi) is 5.94. The van der Waals surface area contributed by atoms with E-state index < -0.39 is 0 Å². The number of amides is 1. The number of carbonyl (C=O) groups excluding carboxylic acids is 1. The third kappa shape index (κ3) is 4.56. The van der Waals surface area contributed by atoms with E-state index in [1.807, 2.05) is 6.92 Å². The van der Waals surface area contributed by atoms with Crippen LogP contribution in [0.25, 0.3) is 0 Å². The lowest BCUT2D eigenvalue weighted by atomic mass is 10.2. The molecule has 2 rings (SSSR count). The molecule has 0 saturated carbocycles. The summed E-state index contributed by atoms with van der Waals surface area (Å²) < 4.78 is 5.13. The zero-order chi connectivity index (χ0) is 15.9. The number of hydrogen-bond acceptors (Lipinski definition) is 6. The SMILES string of the molecule is CC[C@H](C)NC(=O)CN1CCN(c2nccc(OC)n2)CC1. The highest BCUT2D eigenvalue weighted by Crippen LogP contribution is 2.14. The van der Waals surface area contributed by atoms with Gasteiger partial charge >= 0.3 is 0 Å². The monoisotopic (exact) mass is 307 g/mol. The zero-order valence-corrected chi connectivity index (χ0v) is 13.6. The first-order chi connectivity index (χ1) is 10.6. The Hall–Kier alpha value is -1.89. The van der Waals surface area contributed by atoms with Crippen molar-refractivity contribution in [1.29, 1.82) is 0 Å². The molecule has 22 heavy (non-hydrogen) atoms. The van der Waals surface area contributed by atoms with Crippen LogP contribution in [0.1, 0.15) is 20.3 Å². The molecule has 7 nitrogen and oxygen atoms in total. The van der Waals surface area contributed by atoms with E-state index in [0.29, 0.717) is 18.4 Å². The van der Waals surface area contributed by atoms with Crippen molar-refractivity contribution in [1.82, 2.24) is 20.2 Å². The first kappa shape index (κ1) is 16.5. The molecule has 1 N–H and O–H groups in total. The van der Waals surface area contributed by atoms with E-state index in [1.54, 1.807) is 19.4 Å². The molecule has 122 valence electrons. The molecule has 1 fully saturated rings. The molecule has 1 atom stereocenters. The van der Waals surface area contributed by atoms with E-state index in [9.17, 15) is 4.79 Å². The summed E-state index contributed by atoms with van der Waals surface area (Å²) >= 11 is 0. The molecule has 7 heteroatoms. The van der Waals surface area contributed by atoms with Crippen molar-refractivity contribution >= 4 is 11.9 Å². The third-order valence-electron chi connectivity index (χ3n) is 3.87. The average Bonchev–Trinajstić information content (AvgIpc) is 2.55. The molecule has 1 amide bonds. The molecule has 1 saturated heterocycles. The van der Waals surface area contributed by atoms with Gasteiger partial charge in [0.15, 0.2) is 0 Å². The third-order valence-corrected chi connectivity index (χ3v) is 3.87. The smallest absolute Gasteiger partial charge is 0.234 e. The lowest BCUT2D eigenvalue weighted by molar-refractivity contribution is -0.122. The van der Waals surface area contributed by atoms with Crippen molar-refractivity contribution in [3.8, 4) is 5.88 Å². The number of nitrogens with zero attached hydrogens (tertiary/aromatic N) is 4. The highest BCUT2D eigenvalue weighted by molar-refractivity contribution is 5.78. The van der Waals surface area contributed by atoms with Crippen LogP contribution in [0.15, 0.2) is 12.3 Å². The van der Waals surface area contributed by atoms with Gasteiger partial charge in [0.05, 0.1) is 13.7 Å². The molecular weight excluding hydrogens is 282 g/mol. The number of rotatable bonds is 6. The van der Waals surface area contributed by atoms with Crippen LogP contribution < -0.4 is 15.0 Å². The number of anilines is 1. The van der Waals surface area contributed by atoms with Crippen LogP contribution in [0.2, 0.25) is 0 Å². The summed E-state index contributed by atoms with van der Waals surface area (Å²) in [7, 11) is 1.60. The van der Waals surface area contributed by atoms with Crippen LogP contribution in [0.4, 0.5) is 5.95 Å². The van der Waals surface area contributed by atoms with Crippen molar-refractivity contribution in [3.05, 3.63) is 12.3 Å². The molecule has 0 spiro atoms. The summed E-state index contributed by atoms with van der Waals surface area (Å²) in [6.07, 6.45) is 2.65. The maximum Gasteiger partial charge on any atom is 0.234 e. The molecule has 1 aromatic heterocycles. The van der Waals surface area contributed by atoms with Crippen LogP contribution in [0, 0.1) is 0 Å². The van der Waals surface area contributed by atoms with Gasteiger partial charge in [-0.15, -0.1) is 0 Å². The van der Waals surface area contributed by atoms with E-state index in [1.165, 1.54) is 0 Å². The topological polar surface area (TPSA) is 70.6 Å². The quantitative estimate of drug-likeness (QED) is 0.826. The number of hydrogen-bond donors (Lipinski definition) is 1. The Morgan fingerprint density at radius 2 is 2.14 bits per heavy atom. The number of aromatic nitrogens is 2. The normalized spacial score (nSPS) is 17.1. The fourth-order valence-corrected chi connectivity index (χ4v) is 2.33. The summed E-state index contributed by atoms with van der Waals surface area (Å²) in [6.45, 7) is 7.82. The molecule has 0 aliphatic carbocycles. The van der Waals surface area contributed by atoms with Crippen LogP contribution >= 0.6 is 0 Å². The van der Waals surface area contributed by atoms with Crippen molar-refractivity contribution in [3.63, 3.8) is 0 Å². The minimum Gasteiger partial charge on any atom is -0.481 e. The van der Waals surface area contributed by atoms with E-state index in [4.69, 9.17) is 4.74 Å². The van der Waals surface area contributed by atoms with Gasteiger partial charge in [-0.1, -0.05) is 6.92 Å². The fourth-order valence-electron chi connectivity index (χ4n) is 2.33. The Morgan fingerprint density at radius 1 is 1.41 bits per heavy atom. The van der Waals surface area contributed by atoms with Crippen LogP contribution in [-0.2, 0) is 4.79 Å². The summed E-state index contributed by atoms with van der Waals surface area (Å²) in [5.74, 6) is 1.35. The predicted molar refractivity (Wildman–Crippen MR) is 85.1 cm³/mol.